The van der Waals surface area contributed by atoms with Gasteiger partial charge in [-0.3, -0.25) is 4.68 Å². The molecule has 1 atom stereocenters. The lowest BCUT2D eigenvalue weighted by atomic mass is 10.1. The number of anilines is 1. The zero-order valence-corrected chi connectivity index (χ0v) is 17.9. The predicted molar refractivity (Wildman–Crippen MR) is 119 cm³/mol. The van der Waals surface area contributed by atoms with Gasteiger partial charge in [0.25, 0.3) is 0 Å². The van der Waals surface area contributed by atoms with Gasteiger partial charge in [0.1, 0.15) is 5.52 Å². The van der Waals surface area contributed by atoms with Crippen molar-refractivity contribution in [1.82, 2.24) is 24.6 Å². The topological polar surface area (TPSA) is 50.1 Å². The molecule has 1 saturated heterocycles. The highest BCUT2D eigenvalue weighted by atomic mass is 35.5. The fourth-order valence-corrected chi connectivity index (χ4v) is 4.26. The van der Waals surface area contributed by atoms with Crippen LogP contribution < -0.4 is 4.90 Å². The summed E-state index contributed by atoms with van der Waals surface area (Å²) in [5, 5.41) is 6.23. The quantitative estimate of drug-likeness (QED) is 0.484. The van der Waals surface area contributed by atoms with E-state index in [2.05, 4.69) is 38.8 Å². The summed E-state index contributed by atoms with van der Waals surface area (Å²) in [7, 11) is 3.92. The molecule has 4 heterocycles. The van der Waals surface area contributed by atoms with Gasteiger partial charge in [-0.1, -0.05) is 11.6 Å². The van der Waals surface area contributed by atoms with Gasteiger partial charge in [-0.15, -0.1) is 0 Å². The maximum atomic E-state index is 14.5. The number of piperazine rings is 1. The van der Waals surface area contributed by atoms with Crippen molar-refractivity contribution in [3.05, 3.63) is 47.5 Å². The Kier molecular flexibility index (Phi) is 4.60. The standard InChI is InChI=1S/C22H22ClFN6/c1-13-11-30(5-4-28(13)2)16-8-17-18(23)9-20(26-22(17)25-10-16)14-6-15-12-29(3)27-21(15)19(24)7-14/h6-10,12-13H,4-5,11H2,1-3H3/t13-/m1/s1. The highest BCUT2D eigenvalue weighted by Gasteiger charge is 2.22. The first-order valence-corrected chi connectivity index (χ1v) is 10.3. The minimum absolute atomic E-state index is 0.345. The fraction of sp³-hybridized carbons (Fsp3) is 0.318. The minimum atomic E-state index is -0.381. The van der Waals surface area contributed by atoms with Crippen LogP contribution in [0.4, 0.5) is 10.1 Å². The van der Waals surface area contributed by atoms with Crippen molar-refractivity contribution in [2.75, 3.05) is 31.6 Å². The zero-order valence-electron chi connectivity index (χ0n) is 17.1. The number of rotatable bonds is 2. The highest BCUT2D eigenvalue weighted by molar-refractivity contribution is 6.35. The van der Waals surface area contributed by atoms with Crippen LogP contribution in [0.1, 0.15) is 6.92 Å². The van der Waals surface area contributed by atoms with Crippen LogP contribution in [-0.4, -0.2) is 57.4 Å². The smallest absolute Gasteiger partial charge is 0.161 e. The van der Waals surface area contributed by atoms with E-state index in [1.165, 1.54) is 6.07 Å². The van der Waals surface area contributed by atoms with Gasteiger partial charge in [0.15, 0.2) is 11.5 Å². The zero-order chi connectivity index (χ0) is 21.0. The number of likely N-dealkylation sites (N-methyl/N-ethyl adjacent to an activating group) is 1. The molecule has 154 valence electrons. The number of aryl methyl sites for hydroxylation is 1. The Hall–Kier alpha value is -2.77. The van der Waals surface area contributed by atoms with Gasteiger partial charge in [-0.05, 0) is 38.2 Å². The molecule has 1 aliphatic heterocycles. The second-order valence-electron chi connectivity index (χ2n) is 8.03. The molecule has 1 fully saturated rings. The van der Waals surface area contributed by atoms with Crippen molar-refractivity contribution in [2.24, 2.45) is 7.05 Å². The van der Waals surface area contributed by atoms with Crippen molar-refractivity contribution in [3.63, 3.8) is 0 Å². The van der Waals surface area contributed by atoms with Crippen LogP contribution in [-0.2, 0) is 7.05 Å². The Labute approximate surface area is 178 Å². The van der Waals surface area contributed by atoms with E-state index in [-0.39, 0.29) is 5.82 Å². The van der Waals surface area contributed by atoms with Gasteiger partial charge < -0.3 is 9.80 Å². The molecule has 8 heteroatoms. The average molecular weight is 425 g/mol. The Morgan fingerprint density at radius 1 is 1.13 bits per heavy atom. The molecule has 0 amide bonds. The number of benzene rings is 1. The number of hydrogen-bond acceptors (Lipinski definition) is 5. The summed E-state index contributed by atoms with van der Waals surface area (Å²) in [4.78, 5) is 13.9. The monoisotopic (exact) mass is 424 g/mol. The van der Waals surface area contributed by atoms with E-state index in [0.29, 0.717) is 33.5 Å². The van der Waals surface area contributed by atoms with Crippen LogP contribution in [0.15, 0.2) is 36.7 Å². The van der Waals surface area contributed by atoms with Crippen molar-refractivity contribution in [1.29, 1.82) is 0 Å². The van der Waals surface area contributed by atoms with Crippen LogP contribution in [0.3, 0.4) is 0 Å². The van der Waals surface area contributed by atoms with E-state index in [9.17, 15) is 4.39 Å². The van der Waals surface area contributed by atoms with E-state index >= 15 is 0 Å². The normalized spacial score (nSPS) is 17.9. The second-order valence-corrected chi connectivity index (χ2v) is 8.44. The lowest BCUT2D eigenvalue weighted by Gasteiger charge is -2.38. The van der Waals surface area contributed by atoms with Crippen LogP contribution in [0.5, 0.6) is 0 Å². The van der Waals surface area contributed by atoms with E-state index < -0.39 is 0 Å². The molecule has 5 rings (SSSR count). The molecule has 0 bridgehead atoms. The maximum Gasteiger partial charge on any atom is 0.161 e. The van der Waals surface area contributed by atoms with Crippen molar-refractivity contribution in [2.45, 2.75) is 13.0 Å². The third-order valence-corrected chi connectivity index (χ3v) is 6.21. The third-order valence-electron chi connectivity index (χ3n) is 5.90. The van der Waals surface area contributed by atoms with Crippen LogP contribution in [0, 0.1) is 5.82 Å². The number of nitrogens with zero attached hydrogens (tertiary/aromatic N) is 6. The van der Waals surface area contributed by atoms with Crippen molar-refractivity contribution < 1.29 is 4.39 Å². The summed E-state index contributed by atoms with van der Waals surface area (Å²) >= 11 is 6.62. The Morgan fingerprint density at radius 2 is 1.97 bits per heavy atom. The summed E-state index contributed by atoms with van der Waals surface area (Å²) in [6.07, 6.45) is 3.63. The first kappa shape index (κ1) is 19.2. The van der Waals surface area contributed by atoms with E-state index in [1.54, 1.807) is 24.0 Å². The van der Waals surface area contributed by atoms with Crippen molar-refractivity contribution in [3.8, 4) is 11.3 Å². The lowest BCUT2D eigenvalue weighted by molar-refractivity contribution is 0.234. The summed E-state index contributed by atoms with van der Waals surface area (Å²) in [6.45, 7) is 5.12. The number of fused-ring (bicyclic) bond motifs is 2. The molecule has 30 heavy (non-hydrogen) atoms. The van der Waals surface area contributed by atoms with Gasteiger partial charge in [0, 0.05) is 55.3 Å². The molecule has 0 N–H and O–H groups in total. The molecule has 4 aromatic rings. The molecule has 0 radical (unpaired) electrons. The van der Waals surface area contributed by atoms with E-state index in [0.717, 1.165) is 36.1 Å². The summed E-state index contributed by atoms with van der Waals surface area (Å²) < 4.78 is 16.1. The molecule has 1 aliphatic rings. The number of pyridine rings is 2. The average Bonchev–Trinajstić information content (AvgIpc) is 3.10. The molecule has 0 saturated carbocycles. The first-order valence-electron chi connectivity index (χ1n) is 9.94. The lowest BCUT2D eigenvalue weighted by Crippen LogP contribution is -2.50. The summed E-state index contributed by atoms with van der Waals surface area (Å²) in [5.41, 5.74) is 3.18. The number of hydrogen-bond donors (Lipinski definition) is 0. The van der Waals surface area contributed by atoms with Crippen LogP contribution >= 0.6 is 11.6 Å². The molecular formula is C22H22ClFN6. The number of halogens is 2. The maximum absolute atomic E-state index is 14.5. The molecule has 0 aliphatic carbocycles. The largest absolute Gasteiger partial charge is 0.367 e. The van der Waals surface area contributed by atoms with Gasteiger partial charge in [0.05, 0.1) is 22.6 Å². The van der Waals surface area contributed by atoms with Gasteiger partial charge in [-0.25, -0.2) is 14.4 Å². The Morgan fingerprint density at radius 3 is 2.77 bits per heavy atom. The predicted octanol–water partition coefficient (Wildman–Crippen LogP) is 4.12. The van der Waals surface area contributed by atoms with E-state index in [4.69, 9.17) is 11.6 Å². The third kappa shape index (κ3) is 3.28. The molecule has 0 unspecified atom stereocenters. The SMILES string of the molecule is C[C@@H]1CN(c2cnc3nc(-c4cc(F)c5nn(C)cc5c4)cc(Cl)c3c2)CCN1C. The second kappa shape index (κ2) is 7.18. The molecule has 1 aromatic carbocycles. The fourth-order valence-electron chi connectivity index (χ4n) is 4.02. The van der Waals surface area contributed by atoms with Crippen LogP contribution in [0.2, 0.25) is 5.02 Å². The number of aromatic nitrogens is 4. The molecule has 3 aromatic heterocycles. The Bertz CT molecular complexity index is 1270. The van der Waals surface area contributed by atoms with Crippen molar-refractivity contribution >= 4 is 39.2 Å². The minimum Gasteiger partial charge on any atom is -0.367 e. The Balaban J connectivity index is 1.55. The molecule has 6 nitrogen and oxygen atoms in total. The van der Waals surface area contributed by atoms with E-state index in [1.807, 2.05) is 18.3 Å². The molecular weight excluding hydrogens is 403 g/mol. The first-order chi connectivity index (χ1) is 14.4. The van der Waals surface area contributed by atoms with Gasteiger partial charge >= 0.3 is 0 Å². The van der Waals surface area contributed by atoms with Gasteiger partial charge in [0.2, 0.25) is 0 Å². The van der Waals surface area contributed by atoms with Gasteiger partial charge in [-0.2, -0.15) is 5.10 Å². The molecule has 0 spiro atoms. The summed E-state index contributed by atoms with van der Waals surface area (Å²) in [6, 6.07) is 7.61. The highest BCUT2D eigenvalue weighted by Crippen LogP contribution is 2.32. The van der Waals surface area contributed by atoms with Crippen LogP contribution in [0.25, 0.3) is 33.2 Å². The summed E-state index contributed by atoms with van der Waals surface area (Å²) in [5.74, 6) is -0.381.